The van der Waals surface area contributed by atoms with Crippen LogP contribution in [0.5, 0.6) is 0 Å². The van der Waals surface area contributed by atoms with Crippen molar-refractivity contribution in [1.29, 1.82) is 0 Å². The third-order valence-corrected chi connectivity index (χ3v) is 2.92. The molecule has 0 bridgehead atoms. The summed E-state index contributed by atoms with van der Waals surface area (Å²) in [6, 6.07) is 13.7. The number of nitrogens with zero attached hydrogens (tertiary/aromatic N) is 2. The van der Waals surface area contributed by atoms with E-state index in [4.69, 9.17) is 23.2 Å². The Labute approximate surface area is 124 Å². The van der Waals surface area contributed by atoms with Gasteiger partial charge < -0.3 is 0 Å². The van der Waals surface area contributed by atoms with E-state index in [1.807, 2.05) is 0 Å². The summed E-state index contributed by atoms with van der Waals surface area (Å²) in [7, 11) is 0. The van der Waals surface area contributed by atoms with Crippen LogP contribution in [0.2, 0.25) is 0 Å². The number of alkyl halides is 3. The summed E-state index contributed by atoms with van der Waals surface area (Å²) in [5.41, 5.74) is 0.624. The maximum atomic E-state index is 14.0. The van der Waals surface area contributed by atoms with Gasteiger partial charge >= 0.3 is 4.71 Å². The number of halogens is 3. The van der Waals surface area contributed by atoms with Gasteiger partial charge in [0.1, 0.15) is 0 Å². The fraction of sp³-hybridized carbons (Fsp3) is 0.0769. The minimum absolute atomic E-state index is 0.102. The molecule has 0 amide bonds. The normalized spacial score (nSPS) is 11.2. The Morgan fingerprint density at radius 3 is 1.95 bits per heavy atom. The third kappa shape index (κ3) is 3.18. The van der Waals surface area contributed by atoms with Crippen molar-refractivity contribution in [3.05, 3.63) is 64.7 Å². The fourth-order valence-corrected chi connectivity index (χ4v) is 2.13. The minimum Gasteiger partial charge on any atom is -0.283 e. The molecule has 0 aliphatic carbocycles. The van der Waals surface area contributed by atoms with E-state index in [0.29, 0.717) is 11.4 Å². The van der Waals surface area contributed by atoms with E-state index >= 15 is 0 Å². The molecule has 0 radical (unpaired) electrons. The van der Waals surface area contributed by atoms with Gasteiger partial charge in [-0.25, -0.2) is 0 Å². The van der Waals surface area contributed by atoms with Gasteiger partial charge in [0.25, 0.3) is 5.69 Å². The molecule has 0 N–H and O–H groups in total. The predicted octanol–water partition coefficient (Wildman–Crippen LogP) is 4.79. The van der Waals surface area contributed by atoms with Crippen molar-refractivity contribution in [2.45, 2.75) is 4.71 Å². The predicted molar refractivity (Wildman–Crippen MR) is 77.2 cm³/mol. The lowest BCUT2D eigenvalue weighted by molar-refractivity contribution is -0.384. The van der Waals surface area contributed by atoms with Crippen LogP contribution in [-0.2, 0) is 0 Å². The number of nitro benzene ring substituents is 1. The Kier molecular flexibility index (Phi) is 4.11. The van der Waals surface area contributed by atoms with Gasteiger partial charge in [0, 0.05) is 23.5 Å². The lowest BCUT2D eigenvalue weighted by atomic mass is 10.2. The van der Waals surface area contributed by atoms with E-state index in [9.17, 15) is 14.5 Å². The van der Waals surface area contributed by atoms with Gasteiger partial charge in [0.05, 0.1) is 4.92 Å². The Morgan fingerprint density at radius 2 is 1.50 bits per heavy atom. The van der Waals surface area contributed by atoms with Crippen molar-refractivity contribution in [3.63, 3.8) is 0 Å². The minimum atomic E-state index is -2.68. The van der Waals surface area contributed by atoms with Crippen LogP contribution >= 0.6 is 23.2 Å². The average Bonchev–Trinajstić information content (AvgIpc) is 2.39. The highest BCUT2D eigenvalue weighted by atomic mass is 35.5. The maximum Gasteiger partial charge on any atom is 0.341 e. The highest BCUT2D eigenvalue weighted by Crippen LogP contribution is 2.39. The summed E-state index contributed by atoms with van der Waals surface area (Å²) in [5.74, 6) is 0. The highest BCUT2D eigenvalue weighted by Gasteiger charge is 2.33. The first-order valence-electron chi connectivity index (χ1n) is 5.56. The van der Waals surface area contributed by atoms with Gasteiger partial charge in [0.2, 0.25) is 0 Å². The number of nitro groups is 1. The lowest BCUT2D eigenvalue weighted by Crippen LogP contribution is -2.31. The molecule has 0 heterocycles. The Bertz CT molecular complexity index is 600. The molecule has 2 aromatic carbocycles. The van der Waals surface area contributed by atoms with Crippen LogP contribution in [0.1, 0.15) is 0 Å². The molecule has 0 atom stereocenters. The molecule has 7 heteroatoms. The summed E-state index contributed by atoms with van der Waals surface area (Å²) in [6.07, 6.45) is 0. The zero-order valence-corrected chi connectivity index (χ0v) is 11.6. The summed E-state index contributed by atoms with van der Waals surface area (Å²) in [6.45, 7) is 0. The number of hydrogen-bond donors (Lipinski definition) is 0. The highest BCUT2D eigenvalue weighted by molar-refractivity contribution is 6.48. The molecule has 20 heavy (non-hydrogen) atoms. The SMILES string of the molecule is O=[N+]([O-])c1ccc(N(c2ccccc2)C(F)(Cl)Cl)cc1. The van der Waals surface area contributed by atoms with E-state index in [2.05, 4.69) is 0 Å². The van der Waals surface area contributed by atoms with Crippen molar-refractivity contribution in [3.8, 4) is 0 Å². The lowest BCUT2D eigenvalue weighted by Gasteiger charge is -2.30. The maximum absolute atomic E-state index is 14.0. The van der Waals surface area contributed by atoms with Crippen molar-refractivity contribution in [2.24, 2.45) is 0 Å². The molecule has 4 nitrogen and oxygen atoms in total. The zero-order valence-electron chi connectivity index (χ0n) is 10.0. The van der Waals surface area contributed by atoms with Crippen LogP contribution in [0.4, 0.5) is 21.5 Å². The number of para-hydroxylation sites is 1. The fourth-order valence-electron chi connectivity index (χ4n) is 1.74. The van der Waals surface area contributed by atoms with E-state index < -0.39 is 9.63 Å². The van der Waals surface area contributed by atoms with Crippen molar-refractivity contribution in [2.75, 3.05) is 4.90 Å². The van der Waals surface area contributed by atoms with Crippen LogP contribution in [-0.4, -0.2) is 9.63 Å². The van der Waals surface area contributed by atoms with Crippen LogP contribution in [0.3, 0.4) is 0 Å². The van der Waals surface area contributed by atoms with Crippen LogP contribution in [0.25, 0.3) is 0 Å². The van der Waals surface area contributed by atoms with Crippen LogP contribution < -0.4 is 4.90 Å². The molecule has 0 saturated carbocycles. The third-order valence-electron chi connectivity index (χ3n) is 2.59. The van der Waals surface area contributed by atoms with Crippen molar-refractivity contribution >= 4 is 40.3 Å². The van der Waals surface area contributed by atoms with E-state index in [0.717, 1.165) is 4.90 Å². The Balaban J connectivity index is 2.45. The second-order valence-electron chi connectivity index (χ2n) is 3.91. The first kappa shape index (κ1) is 14.6. The van der Waals surface area contributed by atoms with Crippen molar-refractivity contribution in [1.82, 2.24) is 0 Å². The molecule has 2 rings (SSSR count). The van der Waals surface area contributed by atoms with Crippen LogP contribution in [0, 0.1) is 10.1 Å². The molecule has 0 aromatic heterocycles. The van der Waals surface area contributed by atoms with E-state index in [-0.39, 0.29) is 5.69 Å². The second-order valence-corrected chi connectivity index (χ2v) is 5.11. The zero-order chi connectivity index (χ0) is 14.8. The molecular weight excluding hydrogens is 306 g/mol. The summed E-state index contributed by atoms with van der Waals surface area (Å²) in [4.78, 5) is 11.1. The number of benzene rings is 2. The van der Waals surface area contributed by atoms with E-state index in [1.165, 1.54) is 24.3 Å². The molecule has 0 saturated heterocycles. The number of anilines is 2. The average molecular weight is 315 g/mol. The van der Waals surface area contributed by atoms with Crippen molar-refractivity contribution < 1.29 is 9.31 Å². The smallest absolute Gasteiger partial charge is 0.283 e. The van der Waals surface area contributed by atoms with Gasteiger partial charge in [-0.1, -0.05) is 18.2 Å². The summed E-state index contributed by atoms with van der Waals surface area (Å²) < 4.78 is 11.3. The first-order valence-corrected chi connectivity index (χ1v) is 6.31. The van der Waals surface area contributed by atoms with Crippen LogP contribution in [0.15, 0.2) is 54.6 Å². The molecule has 2 aromatic rings. The molecule has 0 fully saturated rings. The summed E-state index contributed by atoms with van der Waals surface area (Å²) in [5, 5.41) is 10.6. The molecule has 0 unspecified atom stereocenters. The first-order chi connectivity index (χ1) is 9.39. The van der Waals surface area contributed by atoms with Gasteiger partial charge in [-0.15, -0.1) is 0 Å². The number of rotatable bonds is 4. The Hall–Kier alpha value is -1.85. The van der Waals surface area contributed by atoms with E-state index in [1.54, 1.807) is 30.3 Å². The largest absolute Gasteiger partial charge is 0.341 e. The Morgan fingerprint density at radius 1 is 1.00 bits per heavy atom. The monoisotopic (exact) mass is 314 g/mol. The molecule has 0 aliphatic heterocycles. The molecular formula is C13H9Cl2FN2O2. The number of hydrogen-bond acceptors (Lipinski definition) is 3. The summed E-state index contributed by atoms with van der Waals surface area (Å²) >= 11 is 11.1. The number of non-ortho nitro benzene ring substituents is 1. The quantitative estimate of drug-likeness (QED) is 0.353. The van der Waals surface area contributed by atoms with Gasteiger partial charge in [-0.3, -0.25) is 15.0 Å². The topological polar surface area (TPSA) is 46.4 Å². The standard InChI is InChI=1S/C13H9Cl2FN2O2/c14-13(15,16)17(10-4-2-1-3-5-10)11-6-8-12(9-7-11)18(19)20/h1-9H. The second kappa shape index (κ2) is 5.64. The van der Waals surface area contributed by atoms with Gasteiger partial charge in [-0.2, -0.15) is 4.39 Å². The van der Waals surface area contributed by atoms with Gasteiger partial charge in [0.15, 0.2) is 0 Å². The molecule has 104 valence electrons. The van der Waals surface area contributed by atoms with Gasteiger partial charge in [-0.05, 0) is 47.5 Å². The molecule has 0 aliphatic rings. The molecule has 0 spiro atoms.